The number of hydrogen-bond acceptors (Lipinski definition) is 4. The molecule has 28 heavy (non-hydrogen) atoms. The SMILES string of the molecule is O=C(NCc1cn2cccc(O)c2n1)c1ccc(OCc2ccccc2)cc1. The number of hydrogen-bond donors (Lipinski definition) is 2. The van der Waals surface area contributed by atoms with Crippen LogP contribution in [0.2, 0.25) is 0 Å². The van der Waals surface area contributed by atoms with Crippen molar-refractivity contribution in [2.75, 3.05) is 0 Å². The van der Waals surface area contributed by atoms with Gasteiger partial charge < -0.3 is 19.6 Å². The third kappa shape index (κ3) is 3.96. The molecular weight excluding hydrogens is 354 g/mol. The van der Waals surface area contributed by atoms with Gasteiger partial charge in [-0.2, -0.15) is 0 Å². The molecule has 2 heterocycles. The summed E-state index contributed by atoms with van der Waals surface area (Å²) in [5, 5.41) is 12.6. The average Bonchev–Trinajstić information content (AvgIpc) is 3.16. The number of amides is 1. The van der Waals surface area contributed by atoms with Crippen molar-refractivity contribution >= 4 is 11.6 Å². The molecule has 2 aromatic carbocycles. The predicted octanol–water partition coefficient (Wildman–Crippen LogP) is 3.55. The minimum atomic E-state index is -0.198. The first-order chi connectivity index (χ1) is 13.7. The van der Waals surface area contributed by atoms with E-state index in [2.05, 4.69) is 10.3 Å². The minimum absolute atomic E-state index is 0.103. The summed E-state index contributed by atoms with van der Waals surface area (Å²) in [5.74, 6) is 0.610. The molecule has 0 unspecified atom stereocenters. The number of nitrogens with zero attached hydrogens (tertiary/aromatic N) is 2. The summed E-state index contributed by atoms with van der Waals surface area (Å²) in [6, 6.07) is 20.2. The Labute approximate surface area is 162 Å². The van der Waals surface area contributed by atoms with Crippen molar-refractivity contribution in [1.82, 2.24) is 14.7 Å². The van der Waals surface area contributed by atoms with Gasteiger partial charge in [0.1, 0.15) is 12.4 Å². The van der Waals surface area contributed by atoms with E-state index in [-0.39, 0.29) is 18.2 Å². The molecule has 0 spiro atoms. The number of imidazole rings is 1. The number of aromatic nitrogens is 2. The fourth-order valence-corrected chi connectivity index (χ4v) is 2.85. The molecule has 2 N–H and O–H groups in total. The topological polar surface area (TPSA) is 75.9 Å². The van der Waals surface area contributed by atoms with Gasteiger partial charge in [-0.1, -0.05) is 30.3 Å². The Morgan fingerprint density at radius 1 is 1.04 bits per heavy atom. The van der Waals surface area contributed by atoms with E-state index in [0.717, 1.165) is 5.56 Å². The summed E-state index contributed by atoms with van der Waals surface area (Å²) in [7, 11) is 0. The smallest absolute Gasteiger partial charge is 0.251 e. The fourth-order valence-electron chi connectivity index (χ4n) is 2.85. The van der Waals surface area contributed by atoms with Crippen molar-refractivity contribution in [3.05, 3.63) is 95.9 Å². The molecule has 0 aliphatic rings. The molecular formula is C22H19N3O3. The van der Waals surface area contributed by atoms with Gasteiger partial charge in [0.15, 0.2) is 11.4 Å². The number of nitrogens with one attached hydrogen (secondary N) is 1. The van der Waals surface area contributed by atoms with Crippen LogP contribution in [0.15, 0.2) is 79.1 Å². The zero-order chi connectivity index (χ0) is 19.3. The van der Waals surface area contributed by atoms with Gasteiger partial charge in [0.05, 0.1) is 12.2 Å². The van der Waals surface area contributed by atoms with Crippen LogP contribution in [0.5, 0.6) is 11.5 Å². The summed E-state index contributed by atoms with van der Waals surface area (Å²) in [6.07, 6.45) is 3.57. The van der Waals surface area contributed by atoms with Crippen LogP contribution in [0.25, 0.3) is 5.65 Å². The first-order valence-electron chi connectivity index (χ1n) is 8.89. The van der Waals surface area contributed by atoms with E-state index in [0.29, 0.717) is 29.3 Å². The molecule has 0 saturated heterocycles. The second-order valence-electron chi connectivity index (χ2n) is 6.34. The van der Waals surface area contributed by atoms with Crippen LogP contribution >= 0.6 is 0 Å². The minimum Gasteiger partial charge on any atom is -0.504 e. The Morgan fingerprint density at radius 2 is 1.82 bits per heavy atom. The van der Waals surface area contributed by atoms with Crippen molar-refractivity contribution in [3.8, 4) is 11.5 Å². The van der Waals surface area contributed by atoms with E-state index in [4.69, 9.17) is 4.74 Å². The molecule has 140 valence electrons. The lowest BCUT2D eigenvalue weighted by Gasteiger charge is -2.07. The van der Waals surface area contributed by atoms with Gasteiger partial charge in [0.25, 0.3) is 5.91 Å². The Bertz CT molecular complexity index is 1090. The molecule has 0 radical (unpaired) electrons. The Morgan fingerprint density at radius 3 is 2.57 bits per heavy atom. The number of fused-ring (bicyclic) bond motifs is 1. The molecule has 6 nitrogen and oxygen atoms in total. The zero-order valence-corrected chi connectivity index (χ0v) is 15.1. The lowest BCUT2D eigenvalue weighted by atomic mass is 10.2. The molecule has 0 fully saturated rings. The zero-order valence-electron chi connectivity index (χ0n) is 15.1. The summed E-state index contributed by atoms with van der Waals surface area (Å²) >= 11 is 0. The lowest BCUT2D eigenvalue weighted by Crippen LogP contribution is -2.22. The average molecular weight is 373 g/mol. The second-order valence-corrected chi connectivity index (χ2v) is 6.34. The van der Waals surface area contributed by atoms with Crippen LogP contribution in [0.1, 0.15) is 21.6 Å². The highest BCUT2D eigenvalue weighted by molar-refractivity contribution is 5.94. The van der Waals surface area contributed by atoms with E-state index >= 15 is 0 Å². The van der Waals surface area contributed by atoms with E-state index in [9.17, 15) is 9.90 Å². The molecule has 0 aliphatic heterocycles. The molecule has 2 aromatic heterocycles. The maximum atomic E-state index is 12.4. The molecule has 6 heteroatoms. The number of benzene rings is 2. The monoisotopic (exact) mass is 373 g/mol. The molecule has 4 aromatic rings. The van der Waals surface area contributed by atoms with Crippen LogP contribution < -0.4 is 10.1 Å². The molecule has 0 bridgehead atoms. The van der Waals surface area contributed by atoms with Gasteiger partial charge in [-0.15, -0.1) is 0 Å². The Balaban J connectivity index is 1.34. The molecule has 0 saturated carbocycles. The quantitative estimate of drug-likeness (QED) is 0.542. The van der Waals surface area contributed by atoms with E-state index in [1.165, 1.54) is 0 Å². The van der Waals surface area contributed by atoms with Crippen LogP contribution in [0.4, 0.5) is 0 Å². The molecule has 0 aliphatic carbocycles. The van der Waals surface area contributed by atoms with Crippen LogP contribution in [0, 0.1) is 0 Å². The van der Waals surface area contributed by atoms with Crippen molar-refractivity contribution in [2.45, 2.75) is 13.2 Å². The number of rotatable bonds is 6. The van der Waals surface area contributed by atoms with Crippen molar-refractivity contribution in [2.24, 2.45) is 0 Å². The lowest BCUT2D eigenvalue weighted by molar-refractivity contribution is 0.0950. The normalized spacial score (nSPS) is 10.7. The largest absolute Gasteiger partial charge is 0.504 e. The summed E-state index contributed by atoms with van der Waals surface area (Å²) in [6.45, 7) is 0.749. The third-order valence-corrected chi connectivity index (χ3v) is 4.31. The van der Waals surface area contributed by atoms with Crippen LogP contribution in [0.3, 0.4) is 0 Å². The van der Waals surface area contributed by atoms with Gasteiger partial charge in [0.2, 0.25) is 0 Å². The van der Waals surface area contributed by atoms with Crippen molar-refractivity contribution in [1.29, 1.82) is 0 Å². The third-order valence-electron chi connectivity index (χ3n) is 4.31. The first kappa shape index (κ1) is 17.6. The van der Waals surface area contributed by atoms with Gasteiger partial charge in [-0.05, 0) is 42.0 Å². The highest BCUT2D eigenvalue weighted by Crippen LogP contribution is 2.17. The van der Waals surface area contributed by atoms with Gasteiger partial charge in [-0.3, -0.25) is 4.79 Å². The maximum absolute atomic E-state index is 12.4. The molecule has 4 rings (SSSR count). The summed E-state index contributed by atoms with van der Waals surface area (Å²) in [4.78, 5) is 16.7. The second kappa shape index (κ2) is 7.84. The fraction of sp³-hybridized carbons (Fsp3) is 0.0909. The Hall–Kier alpha value is -3.80. The molecule has 0 atom stereocenters. The van der Waals surface area contributed by atoms with Crippen molar-refractivity contribution in [3.63, 3.8) is 0 Å². The first-order valence-corrected chi connectivity index (χ1v) is 8.89. The van der Waals surface area contributed by atoms with Crippen molar-refractivity contribution < 1.29 is 14.6 Å². The summed E-state index contributed by atoms with van der Waals surface area (Å²) < 4.78 is 7.45. The maximum Gasteiger partial charge on any atom is 0.251 e. The van der Waals surface area contributed by atoms with E-state index in [1.54, 1.807) is 53.2 Å². The van der Waals surface area contributed by atoms with Gasteiger partial charge >= 0.3 is 0 Å². The number of carbonyl (C=O) groups is 1. The standard InChI is InChI=1S/C22H19N3O3/c26-20-7-4-12-25-14-18(24-21(20)25)13-23-22(27)17-8-10-19(11-9-17)28-15-16-5-2-1-3-6-16/h1-12,14,26H,13,15H2,(H,23,27). The highest BCUT2D eigenvalue weighted by atomic mass is 16.5. The number of pyridine rings is 1. The number of aromatic hydroxyl groups is 1. The number of carbonyl (C=O) groups excluding carboxylic acids is 1. The Kier molecular flexibility index (Phi) is 4.93. The number of ether oxygens (including phenoxy) is 1. The summed E-state index contributed by atoms with van der Waals surface area (Å²) in [5.41, 5.74) is 2.76. The van der Waals surface area contributed by atoms with Crippen LogP contribution in [-0.2, 0) is 13.2 Å². The van der Waals surface area contributed by atoms with Gasteiger partial charge in [0, 0.05) is 18.0 Å². The van der Waals surface area contributed by atoms with E-state index in [1.807, 2.05) is 30.3 Å². The predicted molar refractivity (Wildman–Crippen MR) is 105 cm³/mol. The van der Waals surface area contributed by atoms with Gasteiger partial charge in [-0.25, -0.2) is 4.98 Å². The molecule has 1 amide bonds. The van der Waals surface area contributed by atoms with E-state index < -0.39 is 0 Å². The highest BCUT2D eigenvalue weighted by Gasteiger charge is 2.09. The van der Waals surface area contributed by atoms with Crippen LogP contribution in [-0.4, -0.2) is 20.4 Å².